The van der Waals surface area contributed by atoms with Crippen LogP contribution in [0.2, 0.25) is 0 Å². The molecule has 0 aliphatic heterocycles. The van der Waals surface area contributed by atoms with Gasteiger partial charge >= 0.3 is 6.03 Å². The smallest absolute Gasteiger partial charge is 0.332 e. The fourth-order valence-corrected chi connectivity index (χ4v) is 1.94. The molecule has 22 heavy (non-hydrogen) atoms. The van der Waals surface area contributed by atoms with E-state index in [-0.39, 0.29) is 0 Å². The summed E-state index contributed by atoms with van der Waals surface area (Å²) < 4.78 is 5.77. The first-order valence-corrected chi connectivity index (χ1v) is 7.12. The molecule has 0 aliphatic rings. The van der Waals surface area contributed by atoms with Crippen molar-refractivity contribution in [2.45, 2.75) is 19.8 Å². The molecule has 0 bridgehead atoms. The van der Waals surface area contributed by atoms with Crippen molar-refractivity contribution in [3.8, 4) is 11.5 Å². The number of benzene rings is 2. The first-order valence-electron chi connectivity index (χ1n) is 7.12. The van der Waals surface area contributed by atoms with Crippen LogP contribution in [0, 0.1) is 0 Å². The molecule has 0 unspecified atom stereocenters. The van der Waals surface area contributed by atoms with E-state index in [0.29, 0.717) is 0 Å². The molecule has 0 atom stereocenters. The number of carbonyl (C=O) groups is 1. The van der Waals surface area contributed by atoms with E-state index in [1.807, 2.05) is 36.4 Å². The van der Waals surface area contributed by atoms with E-state index in [1.54, 1.807) is 0 Å². The monoisotopic (exact) mass is 297 g/mol. The first-order chi connectivity index (χ1) is 10.7. The fraction of sp³-hybridized carbons (Fsp3) is 0.176. The summed E-state index contributed by atoms with van der Waals surface area (Å²) in [5.74, 6) is 1.54. The second kappa shape index (κ2) is 7.83. The van der Waals surface area contributed by atoms with Crippen LogP contribution in [0.25, 0.3) is 0 Å². The Labute approximate surface area is 129 Å². The molecular weight excluding hydrogens is 278 g/mol. The van der Waals surface area contributed by atoms with Gasteiger partial charge in [0.1, 0.15) is 11.5 Å². The van der Waals surface area contributed by atoms with Crippen LogP contribution in [0.15, 0.2) is 53.6 Å². The minimum Gasteiger partial charge on any atom is -0.457 e. The quantitative estimate of drug-likeness (QED) is 0.633. The van der Waals surface area contributed by atoms with Crippen LogP contribution in [-0.2, 0) is 6.42 Å². The van der Waals surface area contributed by atoms with Gasteiger partial charge in [0.2, 0.25) is 0 Å². The molecule has 5 nitrogen and oxygen atoms in total. The Bertz CT molecular complexity index is 634. The van der Waals surface area contributed by atoms with Crippen LogP contribution in [0.3, 0.4) is 0 Å². The molecule has 2 aromatic rings. The molecule has 0 aromatic heterocycles. The van der Waals surface area contributed by atoms with Crippen LogP contribution in [0.4, 0.5) is 4.79 Å². The third-order valence-corrected chi connectivity index (χ3v) is 2.97. The van der Waals surface area contributed by atoms with Crippen molar-refractivity contribution in [3.05, 3.63) is 59.7 Å². The maximum absolute atomic E-state index is 10.5. The van der Waals surface area contributed by atoms with E-state index in [1.165, 1.54) is 11.8 Å². The lowest BCUT2D eigenvalue weighted by atomic mass is 10.1. The van der Waals surface area contributed by atoms with Gasteiger partial charge in [-0.2, -0.15) is 5.10 Å². The first kappa shape index (κ1) is 15.6. The van der Waals surface area contributed by atoms with Crippen molar-refractivity contribution in [3.63, 3.8) is 0 Å². The van der Waals surface area contributed by atoms with Crippen molar-refractivity contribution in [2.24, 2.45) is 10.8 Å². The Kier molecular flexibility index (Phi) is 5.54. The summed E-state index contributed by atoms with van der Waals surface area (Å²) in [5.41, 5.74) is 9.19. The summed E-state index contributed by atoms with van der Waals surface area (Å²) in [5, 5.41) is 3.69. The SMILES string of the molecule is CCCc1ccc(Oc2ccc(/C=N\NC(N)=O)cc2)cc1. The highest BCUT2D eigenvalue weighted by Gasteiger charge is 1.98. The van der Waals surface area contributed by atoms with Crippen LogP contribution < -0.4 is 15.9 Å². The number of nitrogens with zero attached hydrogens (tertiary/aromatic N) is 1. The Morgan fingerprint density at radius 2 is 1.73 bits per heavy atom. The van der Waals surface area contributed by atoms with Crippen molar-refractivity contribution in [1.29, 1.82) is 0 Å². The summed E-state index contributed by atoms with van der Waals surface area (Å²) in [6, 6.07) is 14.8. The average molecular weight is 297 g/mol. The molecule has 0 saturated carbocycles. The average Bonchev–Trinajstić information content (AvgIpc) is 2.51. The summed E-state index contributed by atoms with van der Waals surface area (Å²) in [4.78, 5) is 10.5. The molecular formula is C17H19N3O2. The second-order valence-electron chi connectivity index (χ2n) is 4.80. The lowest BCUT2D eigenvalue weighted by Gasteiger charge is -2.07. The van der Waals surface area contributed by atoms with E-state index in [4.69, 9.17) is 10.5 Å². The number of rotatable bonds is 6. The number of hydrogen-bond donors (Lipinski definition) is 2. The molecule has 2 rings (SSSR count). The maximum atomic E-state index is 10.5. The number of urea groups is 1. The van der Waals surface area contributed by atoms with Crippen molar-refractivity contribution in [2.75, 3.05) is 0 Å². The number of ether oxygens (including phenoxy) is 1. The normalized spacial score (nSPS) is 10.6. The Hall–Kier alpha value is -2.82. The number of nitrogens with one attached hydrogen (secondary N) is 1. The zero-order valence-electron chi connectivity index (χ0n) is 12.5. The number of amides is 2. The minimum absolute atomic E-state index is 0.692. The minimum atomic E-state index is -0.692. The molecule has 114 valence electrons. The number of primary amides is 1. The van der Waals surface area contributed by atoms with Crippen molar-refractivity contribution >= 4 is 12.2 Å². The molecule has 0 heterocycles. The summed E-state index contributed by atoms with van der Waals surface area (Å²) in [6.07, 6.45) is 3.72. The molecule has 3 N–H and O–H groups in total. The Morgan fingerprint density at radius 3 is 2.27 bits per heavy atom. The second-order valence-corrected chi connectivity index (χ2v) is 4.80. The van der Waals surface area contributed by atoms with Gasteiger partial charge in [0.15, 0.2) is 0 Å². The number of hydrazone groups is 1. The van der Waals surface area contributed by atoms with Crippen LogP contribution in [-0.4, -0.2) is 12.2 Å². The van der Waals surface area contributed by atoms with Gasteiger partial charge in [-0.3, -0.25) is 0 Å². The number of aryl methyl sites for hydroxylation is 1. The molecule has 0 spiro atoms. The predicted octanol–water partition coefficient (Wildman–Crippen LogP) is 3.43. The third-order valence-electron chi connectivity index (χ3n) is 2.97. The summed E-state index contributed by atoms with van der Waals surface area (Å²) in [6.45, 7) is 2.16. The van der Waals surface area contributed by atoms with E-state index < -0.39 is 6.03 Å². The number of hydrogen-bond acceptors (Lipinski definition) is 3. The van der Waals surface area contributed by atoms with E-state index >= 15 is 0 Å². The highest BCUT2D eigenvalue weighted by atomic mass is 16.5. The number of carbonyl (C=O) groups excluding carboxylic acids is 1. The molecule has 5 heteroatoms. The number of nitrogens with two attached hydrogens (primary N) is 1. The highest BCUT2D eigenvalue weighted by molar-refractivity contribution is 5.81. The van der Waals surface area contributed by atoms with Crippen LogP contribution in [0.5, 0.6) is 11.5 Å². The highest BCUT2D eigenvalue weighted by Crippen LogP contribution is 2.22. The lowest BCUT2D eigenvalue weighted by molar-refractivity contribution is 0.249. The third kappa shape index (κ3) is 4.94. The van der Waals surface area contributed by atoms with Gasteiger partial charge in [0, 0.05) is 0 Å². The Balaban J connectivity index is 1.95. The van der Waals surface area contributed by atoms with Crippen LogP contribution in [0.1, 0.15) is 24.5 Å². The molecule has 2 amide bonds. The maximum Gasteiger partial charge on any atom is 0.332 e. The van der Waals surface area contributed by atoms with Gasteiger partial charge in [0.25, 0.3) is 0 Å². The molecule has 0 fully saturated rings. The lowest BCUT2D eigenvalue weighted by Crippen LogP contribution is -2.24. The standard InChI is InChI=1S/C17H19N3O2/c1-2-3-13-4-8-15(9-5-13)22-16-10-6-14(7-11-16)12-19-20-17(18)21/h4-12H,2-3H2,1H3,(H3,18,20,21)/b19-12-. The molecule has 2 aromatic carbocycles. The van der Waals surface area contributed by atoms with Gasteiger partial charge in [-0.15, -0.1) is 0 Å². The molecule has 0 radical (unpaired) electrons. The van der Waals surface area contributed by atoms with Crippen molar-refractivity contribution < 1.29 is 9.53 Å². The van der Waals surface area contributed by atoms with Gasteiger partial charge in [-0.1, -0.05) is 25.5 Å². The summed E-state index contributed by atoms with van der Waals surface area (Å²) >= 11 is 0. The largest absolute Gasteiger partial charge is 0.457 e. The zero-order valence-corrected chi connectivity index (χ0v) is 12.5. The fourth-order valence-electron chi connectivity index (χ4n) is 1.94. The van der Waals surface area contributed by atoms with Gasteiger partial charge < -0.3 is 10.5 Å². The Morgan fingerprint density at radius 1 is 1.14 bits per heavy atom. The van der Waals surface area contributed by atoms with Gasteiger partial charge in [-0.25, -0.2) is 10.2 Å². The predicted molar refractivity (Wildman–Crippen MR) is 87.3 cm³/mol. The molecule has 0 saturated heterocycles. The van der Waals surface area contributed by atoms with Gasteiger partial charge in [0.05, 0.1) is 6.21 Å². The van der Waals surface area contributed by atoms with Gasteiger partial charge in [-0.05, 0) is 53.9 Å². The summed E-state index contributed by atoms with van der Waals surface area (Å²) in [7, 11) is 0. The zero-order chi connectivity index (χ0) is 15.8. The van der Waals surface area contributed by atoms with Crippen LogP contribution >= 0.6 is 0 Å². The van der Waals surface area contributed by atoms with Crippen molar-refractivity contribution in [1.82, 2.24) is 5.43 Å². The van der Waals surface area contributed by atoms with E-state index in [0.717, 1.165) is 29.9 Å². The topological polar surface area (TPSA) is 76.7 Å². The van der Waals surface area contributed by atoms with E-state index in [9.17, 15) is 4.79 Å². The molecule has 0 aliphatic carbocycles. The van der Waals surface area contributed by atoms with E-state index in [2.05, 4.69) is 29.6 Å².